The third-order valence-electron chi connectivity index (χ3n) is 2.42. The van der Waals surface area contributed by atoms with E-state index in [0.29, 0.717) is 16.3 Å². The van der Waals surface area contributed by atoms with E-state index in [2.05, 4.69) is 20.3 Å². The summed E-state index contributed by atoms with van der Waals surface area (Å²) in [5.41, 5.74) is 0.685. The van der Waals surface area contributed by atoms with Crippen LogP contribution in [0.3, 0.4) is 0 Å². The predicted molar refractivity (Wildman–Crippen MR) is 69.7 cm³/mol. The van der Waals surface area contributed by atoms with E-state index in [-0.39, 0.29) is 12.4 Å². The number of aryl methyl sites for hydroxylation is 1. The molecule has 1 aromatic heterocycles. The van der Waals surface area contributed by atoms with Crippen molar-refractivity contribution in [2.24, 2.45) is 0 Å². The number of carbonyl (C=O) groups is 1. The van der Waals surface area contributed by atoms with Gasteiger partial charge in [0.25, 0.3) is 0 Å². The fraction of sp³-hybridized carbons (Fsp3) is 0.250. The second kappa shape index (κ2) is 5.75. The van der Waals surface area contributed by atoms with E-state index >= 15 is 0 Å². The monoisotopic (exact) mass is 281 g/mol. The number of halogens is 1. The Hall–Kier alpha value is -2.02. The zero-order chi connectivity index (χ0) is 13.8. The van der Waals surface area contributed by atoms with Crippen LogP contribution in [0.5, 0.6) is 0 Å². The molecule has 0 fully saturated rings. The van der Waals surface area contributed by atoms with Crippen LogP contribution in [0, 0.1) is 12.7 Å². The Morgan fingerprint density at radius 2 is 2.26 bits per heavy atom. The van der Waals surface area contributed by atoms with Gasteiger partial charge in [-0.25, -0.2) is 9.18 Å². The number of nitrogens with zero attached hydrogens (tertiary/aromatic N) is 2. The average molecular weight is 281 g/mol. The van der Waals surface area contributed by atoms with Gasteiger partial charge in [0.15, 0.2) is 0 Å². The number of hydrogen-bond acceptors (Lipinski definition) is 6. The maximum Gasteiger partial charge on any atom is 0.337 e. The molecule has 0 atom stereocenters. The van der Waals surface area contributed by atoms with Gasteiger partial charge >= 0.3 is 5.97 Å². The molecule has 2 rings (SSSR count). The third kappa shape index (κ3) is 3.25. The highest BCUT2D eigenvalue weighted by Crippen LogP contribution is 2.17. The Labute approximate surface area is 113 Å². The van der Waals surface area contributed by atoms with Crippen LogP contribution in [0.15, 0.2) is 18.2 Å². The van der Waals surface area contributed by atoms with E-state index in [4.69, 9.17) is 0 Å². The number of methoxy groups -OCH3 is 1. The SMILES string of the molecule is COC(=O)c1ccc(F)c(CNc2nnc(C)s2)c1. The van der Waals surface area contributed by atoms with Crippen molar-refractivity contribution in [2.45, 2.75) is 13.5 Å². The molecule has 7 heteroatoms. The number of ether oxygens (including phenoxy) is 1. The van der Waals surface area contributed by atoms with Gasteiger partial charge in [0.05, 0.1) is 12.7 Å². The van der Waals surface area contributed by atoms with Crippen LogP contribution in [-0.2, 0) is 11.3 Å². The molecule has 0 unspecified atom stereocenters. The van der Waals surface area contributed by atoms with Crippen LogP contribution in [0.2, 0.25) is 0 Å². The molecule has 1 heterocycles. The number of carbonyl (C=O) groups excluding carboxylic acids is 1. The quantitative estimate of drug-likeness (QED) is 0.872. The van der Waals surface area contributed by atoms with Crippen molar-refractivity contribution in [3.63, 3.8) is 0 Å². The zero-order valence-electron chi connectivity index (χ0n) is 10.4. The van der Waals surface area contributed by atoms with Gasteiger partial charge in [0.1, 0.15) is 10.8 Å². The lowest BCUT2D eigenvalue weighted by molar-refractivity contribution is 0.0600. The molecule has 1 aromatic carbocycles. The molecular weight excluding hydrogens is 269 g/mol. The van der Waals surface area contributed by atoms with Gasteiger partial charge in [-0.1, -0.05) is 11.3 Å². The summed E-state index contributed by atoms with van der Waals surface area (Å²) in [5, 5.41) is 12.1. The number of benzene rings is 1. The minimum Gasteiger partial charge on any atom is -0.465 e. The molecule has 0 aliphatic carbocycles. The van der Waals surface area contributed by atoms with Crippen molar-refractivity contribution in [3.05, 3.63) is 40.2 Å². The number of rotatable bonds is 4. The fourth-order valence-electron chi connectivity index (χ4n) is 1.49. The highest BCUT2D eigenvalue weighted by molar-refractivity contribution is 7.15. The maximum atomic E-state index is 13.6. The van der Waals surface area contributed by atoms with E-state index in [0.717, 1.165) is 5.01 Å². The van der Waals surface area contributed by atoms with Crippen molar-refractivity contribution in [3.8, 4) is 0 Å². The summed E-state index contributed by atoms with van der Waals surface area (Å²) in [5.74, 6) is -0.880. The Kier molecular flexibility index (Phi) is 4.06. The molecule has 0 spiro atoms. The van der Waals surface area contributed by atoms with E-state index in [1.807, 2.05) is 6.92 Å². The van der Waals surface area contributed by atoms with Crippen molar-refractivity contribution >= 4 is 22.4 Å². The van der Waals surface area contributed by atoms with Gasteiger partial charge in [-0.05, 0) is 25.1 Å². The van der Waals surface area contributed by atoms with Gasteiger partial charge in [-0.2, -0.15) is 0 Å². The predicted octanol–water partition coefficient (Wildman–Crippen LogP) is 2.38. The van der Waals surface area contributed by atoms with Crippen molar-refractivity contribution in [1.82, 2.24) is 10.2 Å². The molecule has 100 valence electrons. The first-order chi connectivity index (χ1) is 9.10. The Morgan fingerprint density at radius 1 is 1.47 bits per heavy atom. The molecule has 0 saturated heterocycles. The Balaban J connectivity index is 2.12. The van der Waals surface area contributed by atoms with Gasteiger partial charge in [0, 0.05) is 12.1 Å². The second-order valence-corrected chi connectivity index (χ2v) is 4.96. The van der Waals surface area contributed by atoms with Crippen molar-refractivity contribution < 1.29 is 13.9 Å². The van der Waals surface area contributed by atoms with Crippen LogP contribution in [0.4, 0.5) is 9.52 Å². The summed E-state index contributed by atoms with van der Waals surface area (Å²) < 4.78 is 18.2. The van der Waals surface area contributed by atoms with Crippen LogP contribution >= 0.6 is 11.3 Å². The van der Waals surface area contributed by atoms with E-state index in [9.17, 15) is 9.18 Å². The summed E-state index contributed by atoms with van der Waals surface area (Å²) in [6.45, 7) is 2.06. The molecule has 0 aliphatic rings. The smallest absolute Gasteiger partial charge is 0.337 e. The molecular formula is C12H12FN3O2S. The fourth-order valence-corrected chi connectivity index (χ4v) is 2.08. The Morgan fingerprint density at radius 3 is 2.89 bits per heavy atom. The van der Waals surface area contributed by atoms with Gasteiger partial charge in [-0.3, -0.25) is 0 Å². The second-order valence-electron chi connectivity index (χ2n) is 3.78. The number of nitrogens with one attached hydrogen (secondary N) is 1. The Bertz CT molecular complexity index is 600. The summed E-state index contributed by atoms with van der Waals surface area (Å²) in [7, 11) is 1.29. The molecule has 1 N–H and O–H groups in total. The third-order valence-corrected chi connectivity index (χ3v) is 3.22. The molecule has 2 aromatic rings. The molecule has 0 amide bonds. The van der Waals surface area contributed by atoms with Crippen LogP contribution in [0.1, 0.15) is 20.9 Å². The standard InChI is InChI=1S/C12H12FN3O2S/c1-7-15-16-12(19-7)14-6-9-5-8(11(17)18-2)3-4-10(9)13/h3-5H,6H2,1-2H3,(H,14,16). The number of hydrogen-bond donors (Lipinski definition) is 1. The van der Waals surface area contributed by atoms with E-state index < -0.39 is 5.97 Å². The minimum atomic E-state index is -0.493. The average Bonchev–Trinajstić information content (AvgIpc) is 2.82. The summed E-state index contributed by atoms with van der Waals surface area (Å²) >= 11 is 1.38. The van der Waals surface area contributed by atoms with Crippen LogP contribution < -0.4 is 5.32 Å². The van der Waals surface area contributed by atoms with Gasteiger partial charge in [0.2, 0.25) is 5.13 Å². The number of aromatic nitrogens is 2. The van der Waals surface area contributed by atoms with Crippen molar-refractivity contribution in [2.75, 3.05) is 12.4 Å². The largest absolute Gasteiger partial charge is 0.465 e. The molecule has 0 saturated carbocycles. The lowest BCUT2D eigenvalue weighted by atomic mass is 10.1. The van der Waals surface area contributed by atoms with Crippen LogP contribution in [0.25, 0.3) is 0 Å². The zero-order valence-corrected chi connectivity index (χ0v) is 11.3. The molecule has 5 nitrogen and oxygen atoms in total. The minimum absolute atomic E-state index is 0.227. The highest BCUT2D eigenvalue weighted by Gasteiger charge is 2.10. The van der Waals surface area contributed by atoms with Gasteiger partial charge in [-0.15, -0.1) is 10.2 Å². The lowest BCUT2D eigenvalue weighted by Gasteiger charge is -2.06. The molecule has 0 radical (unpaired) electrons. The first-order valence-electron chi connectivity index (χ1n) is 5.51. The first kappa shape index (κ1) is 13.4. The number of anilines is 1. The van der Waals surface area contributed by atoms with Crippen LogP contribution in [-0.4, -0.2) is 23.3 Å². The topological polar surface area (TPSA) is 64.1 Å². The lowest BCUT2D eigenvalue weighted by Crippen LogP contribution is -2.06. The van der Waals surface area contributed by atoms with E-state index in [1.54, 1.807) is 0 Å². The summed E-state index contributed by atoms with van der Waals surface area (Å²) in [4.78, 5) is 11.4. The summed E-state index contributed by atoms with van der Waals surface area (Å²) in [6.07, 6.45) is 0. The highest BCUT2D eigenvalue weighted by atomic mass is 32.1. The number of esters is 1. The van der Waals surface area contributed by atoms with Gasteiger partial charge < -0.3 is 10.1 Å². The maximum absolute atomic E-state index is 13.6. The van der Waals surface area contributed by atoms with E-state index in [1.165, 1.54) is 36.6 Å². The molecule has 19 heavy (non-hydrogen) atoms. The van der Waals surface area contributed by atoms with Crippen molar-refractivity contribution in [1.29, 1.82) is 0 Å². The normalized spacial score (nSPS) is 10.3. The molecule has 0 aliphatic heterocycles. The summed E-state index contributed by atoms with van der Waals surface area (Å²) in [6, 6.07) is 4.09. The first-order valence-corrected chi connectivity index (χ1v) is 6.32. The molecule has 0 bridgehead atoms.